The lowest BCUT2D eigenvalue weighted by Crippen LogP contribution is -2.12. The average molecular weight is 270 g/mol. The monoisotopic (exact) mass is 269 g/mol. The number of benzene rings is 1. The lowest BCUT2D eigenvalue weighted by atomic mass is 10.1. The molecule has 0 aliphatic carbocycles. The Balaban J connectivity index is 3.37. The number of hydrogen-bond acceptors (Lipinski definition) is 4. The molecule has 1 rings (SSSR count). The Bertz CT molecular complexity index is 549. The van der Waals surface area contributed by atoms with Crippen LogP contribution in [0.4, 0.5) is 5.69 Å². The van der Waals surface area contributed by atoms with Crippen LogP contribution in [0.2, 0.25) is 5.02 Å². The van der Waals surface area contributed by atoms with E-state index in [4.69, 9.17) is 27.9 Å². The summed E-state index contributed by atoms with van der Waals surface area (Å²) in [5.74, 6) is 0.667. The number of nitro groups is 1. The fourth-order valence-corrected chi connectivity index (χ4v) is 1.43. The molecule has 7 heteroatoms. The van der Waals surface area contributed by atoms with Crippen LogP contribution >= 0.6 is 11.6 Å². The minimum absolute atomic E-state index is 0.177. The summed E-state index contributed by atoms with van der Waals surface area (Å²) < 4.78 is 5.15. The van der Waals surface area contributed by atoms with Crippen molar-refractivity contribution in [1.82, 2.24) is 0 Å². The predicted molar refractivity (Wildman–Crippen MR) is 64.0 cm³/mol. The van der Waals surface area contributed by atoms with Gasteiger partial charge in [-0.2, -0.15) is 0 Å². The Kier molecular flexibility index (Phi) is 4.13. The first-order valence-electron chi connectivity index (χ1n) is 4.70. The number of aromatic carboxylic acids is 1. The zero-order chi connectivity index (χ0) is 13.9. The first kappa shape index (κ1) is 13.8. The zero-order valence-corrected chi connectivity index (χ0v) is 9.97. The molecule has 0 amide bonds. The molecule has 0 bridgehead atoms. The van der Waals surface area contributed by atoms with Gasteiger partial charge in [0.05, 0.1) is 9.95 Å². The van der Waals surface area contributed by atoms with Gasteiger partial charge in [0.2, 0.25) is 0 Å². The van der Waals surface area contributed by atoms with Crippen molar-refractivity contribution in [3.05, 3.63) is 32.8 Å². The molecule has 1 aromatic carbocycles. The molecule has 0 aromatic heterocycles. The zero-order valence-electron chi connectivity index (χ0n) is 9.21. The van der Waals surface area contributed by atoms with Gasteiger partial charge in [-0.1, -0.05) is 17.5 Å². The minimum atomic E-state index is -1.39. The molecule has 94 valence electrons. The van der Waals surface area contributed by atoms with Crippen molar-refractivity contribution in [3.8, 4) is 18.1 Å². The van der Waals surface area contributed by atoms with Crippen LogP contribution in [-0.2, 0) is 0 Å². The van der Waals surface area contributed by atoms with Crippen LogP contribution in [0.25, 0.3) is 0 Å². The van der Waals surface area contributed by atoms with E-state index in [1.54, 1.807) is 0 Å². The van der Waals surface area contributed by atoms with Crippen LogP contribution in [0.5, 0.6) is 5.75 Å². The maximum absolute atomic E-state index is 11.0. The quantitative estimate of drug-likeness (QED) is 0.515. The summed E-state index contributed by atoms with van der Waals surface area (Å²) in [6, 6.07) is 1.87. The summed E-state index contributed by atoms with van der Waals surface area (Å²) >= 11 is 5.76. The molecule has 1 atom stereocenters. The van der Waals surface area contributed by atoms with E-state index in [2.05, 4.69) is 5.92 Å². The number of terminal acetylenes is 1. The maximum Gasteiger partial charge on any atom is 0.339 e. The van der Waals surface area contributed by atoms with Gasteiger partial charge in [-0.15, -0.1) is 6.42 Å². The van der Waals surface area contributed by atoms with E-state index < -0.39 is 28.2 Å². The molecule has 1 aromatic rings. The number of nitrogens with zero attached hydrogens (tertiary/aromatic N) is 1. The Labute approximate surface area is 107 Å². The van der Waals surface area contributed by atoms with Crippen molar-refractivity contribution in [1.29, 1.82) is 0 Å². The number of carboxylic acids is 1. The molecular weight excluding hydrogens is 262 g/mol. The third-order valence-electron chi connectivity index (χ3n) is 2.00. The van der Waals surface area contributed by atoms with Crippen LogP contribution in [0.15, 0.2) is 12.1 Å². The molecule has 0 aliphatic rings. The SMILES string of the molecule is C#CC(C)Oc1c(Cl)cc([N+](=O)[O-])cc1C(=O)O. The number of ether oxygens (including phenoxy) is 1. The van der Waals surface area contributed by atoms with Crippen molar-refractivity contribution < 1.29 is 19.6 Å². The lowest BCUT2D eigenvalue weighted by Gasteiger charge is -2.13. The standard InChI is InChI=1S/C11H8ClNO5/c1-3-6(2)18-10-8(11(14)15)4-7(13(16)17)5-9(10)12/h1,4-6H,2H3,(H,14,15). The summed E-state index contributed by atoms with van der Waals surface area (Å²) in [7, 11) is 0. The largest absolute Gasteiger partial charge is 0.478 e. The number of hydrogen-bond donors (Lipinski definition) is 1. The first-order valence-corrected chi connectivity index (χ1v) is 5.08. The topological polar surface area (TPSA) is 89.7 Å². The highest BCUT2D eigenvalue weighted by atomic mass is 35.5. The van der Waals surface area contributed by atoms with Gasteiger partial charge in [-0.25, -0.2) is 4.79 Å². The minimum Gasteiger partial charge on any atom is -0.478 e. The fraction of sp³-hybridized carbons (Fsp3) is 0.182. The van der Waals surface area contributed by atoms with E-state index in [9.17, 15) is 14.9 Å². The maximum atomic E-state index is 11.0. The highest BCUT2D eigenvalue weighted by Gasteiger charge is 2.22. The van der Waals surface area contributed by atoms with Gasteiger partial charge in [0.15, 0.2) is 11.9 Å². The van der Waals surface area contributed by atoms with Crippen LogP contribution in [0.3, 0.4) is 0 Å². The van der Waals surface area contributed by atoms with Gasteiger partial charge < -0.3 is 9.84 Å². The average Bonchev–Trinajstić information content (AvgIpc) is 2.30. The smallest absolute Gasteiger partial charge is 0.339 e. The van der Waals surface area contributed by atoms with Gasteiger partial charge in [0.1, 0.15) is 5.56 Å². The molecule has 18 heavy (non-hydrogen) atoms. The number of halogens is 1. The van der Waals surface area contributed by atoms with E-state index in [-0.39, 0.29) is 10.8 Å². The number of carboxylic acid groups (broad SMARTS) is 1. The molecule has 6 nitrogen and oxygen atoms in total. The predicted octanol–water partition coefficient (Wildman–Crippen LogP) is 2.35. The second-order valence-electron chi connectivity index (χ2n) is 3.29. The molecule has 0 radical (unpaired) electrons. The molecule has 1 N–H and O–H groups in total. The number of rotatable bonds is 4. The second-order valence-corrected chi connectivity index (χ2v) is 3.70. The van der Waals surface area contributed by atoms with Crippen molar-refractivity contribution in [3.63, 3.8) is 0 Å². The summed E-state index contributed by atoms with van der Waals surface area (Å²) in [4.78, 5) is 20.9. The molecular formula is C11H8ClNO5. The van der Waals surface area contributed by atoms with Crippen molar-refractivity contribution in [2.75, 3.05) is 0 Å². The highest BCUT2D eigenvalue weighted by Crippen LogP contribution is 2.34. The Morgan fingerprint density at radius 2 is 2.28 bits per heavy atom. The Morgan fingerprint density at radius 1 is 1.67 bits per heavy atom. The number of nitro benzene ring substituents is 1. The fourth-order valence-electron chi connectivity index (χ4n) is 1.17. The van der Waals surface area contributed by atoms with E-state index in [1.807, 2.05) is 0 Å². The van der Waals surface area contributed by atoms with Crippen molar-refractivity contribution >= 4 is 23.3 Å². The third-order valence-corrected chi connectivity index (χ3v) is 2.28. The Morgan fingerprint density at radius 3 is 2.72 bits per heavy atom. The van der Waals surface area contributed by atoms with Gasteiger partial charge in [0, 0.05) is 12.1 Å². The molecule has 0 heterocycles. The van der Waals surface area contributed by atoms with Crippen molar-refractivity contribution in [2.45, 2.75) is 13.0 Å². The van der Waals surface area contributed by atoms with Crippen molar-refractivity contribution in [2.24, 2.45) is 0 Å². The molecule has 0 aliphatic heterocycles. The van der Waals surface area contributed by atoms with Gasteiger partial charge in [-0.05, 0) is 6.92 Å². The number of carbonyl (C=O) groups is 1. The van der Waals surface area contributed by atoms with E-state index in [1.165, 1.54) is 6.92 Å². The number of non-ortho nitro benzene ring substituents is 1. The summed E-state index contributed by atoms with van der Waals surface area (Å²) in [6.07, 6.45) is 4.39. The van der Waals surface area contributed by atoms with E-state index in [0.29, 0.717) is 0 Å². The second kappa shape index (κ2) is 5.38. The van der Waals surface area contributed by atoms with Gasteiger partial charge in [-0.3, -0.25) is 10.1 Å². The summed E-state index contributed by atoms with van der Waals surface area (Å²) in [5.41, 5.74) is -0.839. The van der Waals surface area contributed by atoms with E-state index >= 15 is 0 Å². The Hall–Kier alpha value is -2.26. The normalized spacial score (nSPS) is 11.4. The van der Waals surface area contributed by atoms with Crippen LogP contribution < -0.4 is 4.74 Å². The summed E-state index contributed by atoms with van der Waals surface area (Å²) in [5, 5.41) is 19.4. The van der Waals surface area contributed by atoms with Crippen LogP contribution in [-0.4, -0.2) is 22.1 Å². The van der Waals surface area contributed by atoms with Crippen LogP contribution in [0, 0.1) is 22.5 Å². The van der Waals surface area contributed by atoms with Gasteiger partial charge >= 0.3 is 5.97 Å². The first-order chi connectivity index (χ1) is 8.36. The van der Waals surface area contributed by atoms with Gasteiger partial charge in [0.25, 0.3) is 5.69 Å². The van der Waals surface area contributed by atoms with E-state index in [0.717, 1.165) is 12.1 Å². The lowest BCUT2D eigenvalue weighted by molar-refractivity contribution is -0.384. The third kappa shape index (κ3) is 2.90. The highest BCUT2D eigenvalue weighted by molar-refractivity contribution is 6.32. The molecule has 0 fully saturated rings. The molecule has 1 unspecified atom stereocenters. The molecule has 0 saturated heterocycles. The molecule has 0 saturated carbocycles. The molecule has 0 spiro atoms. The van der Waals surface area contributed by atoms with Crippen LogP contribution in [0.1, 0.15) is 17.3 Å². The summed E-state index contributed by atoms with van der Waals surface area (Å²) in [6.45, 7) is 1.52.